The summed E-state index contributed by atoms with van der Waals surface area (Å²) in [6, 6.07) is 3.82. The molecule has 1 N–H and O–H groups in total. The summed E-state index contributed by atoms with van der Waals surface area (Å²) in [6.07, 6.45) is 0. The SMILES string of the molecule is CC(CO)n1c(=O)n(C)c2ccc(F)cc21. The third kappa shape index (κ3) is 1.44. The Bertz CT molecular complexity index is 585. The largest absolute Gasteiger partial charge is 0.394 e. The van der Waals surface area contributed by atoms with E-state index in [4.69, 9.17) is 5.11 Å². The normalized spacial score (nSPS) is 13.2. The number of hydrogen-bond donors (Lipinski definition) is 1. The molecule has 0 aliphatic heterocycles. The van der Waals surface area contributed by atoms with Crippen LogP contribution in [0.3, 0.4) is 0 Å². The maximum Gasteiger partial charge on any atom is 0.329 e. The zero-order valence-corrected chi connectivity index (χ0v) is 9.14. The van der Waals surface area contributed by atoms with E-state index in [2.05, 4.69) is 0 Å². The summed E-state index contributed by atoms with van der Waals surface area (Å²) in [5.74, 6) is -0.392. The molecule has 5 heteroatoms. The van der Waals surface area contributed by atoms with Crippen LogP contribution in [0.15, 0.2) is 23.0 Å². The Kier molecular flexibility index (Phi) is 2.55. The molecule has 4 nitrogen and oxygen atoms in total. The van der Waals surface area contributed by atoms with E-state index in [0.29, 0.717) is 11.0 Å². The van der Waals surface area contributed by atoms with Gasteiger partial charge in [-0.3, -0.25) is 9.13 Å². The first-order valence-corrected chi connectivity index (χ1v) is 5.03. The van der Waals surface area contributed by atoms with Crippen LogP contribution < -0.4 is 5.69 Å². The molecule has 0 aliphatic carbocycles. The number of rotatable bonds is 2. The van der Waals surface area contributed by atoms with Crippen molar-refractivity contribution in [3.8, 4) is 0 Å². The van der Waals surface area contributed by atoms with Crippen LogP contribution in [0, 0.1) is 5.82 Å². The van der Waals surface area contributed by atoms with E-state index < -0.39 is 5.82 Å². The van der Waals surface area contributed by atoms with Crippen LogP contribution in [-0.2, 0) is 7.05 Å². The lowest BCUT2D eigenvalue weighted by Crippen LogP contribution is -2.26. The number of aromatic nitrogens is 2. The second-order valence-corrected chi connectivity index (χ2v) is 3.88. The highest BCUT2D eigenvalue weighted by Gasteiger charge is 2.15. The zero-order chi connectivity index (χ0) is 11.9. The molecule has 0 spiro atoms. The molecule has 1 aromatic carbocycles. The average Bonchev–Trinajstić information content (AvgIpc) is 2.51. The van der Waals surface area contributed by atoms with Gasteiger partial charge in [0.1, 0.15) is 5.82 Å². The Labute approximate surface area is 91.5 Å². The molecule has 0 radical (unpaired) electrons. The van der Waals surface area contributed by atoms with Crippen LogP contribution in [-0.4, -0.2) is 20.8 Å². The van der Waals surface area contributed by atoms with Gasteiger partial charge in [0.2, 0.25) is 0 Å². The van der Waals surface area contributed by atoms with Gasteiger partial charge in [0.25, 0.3) is 0 Å². The highest BCUT2D eigenvalue weighted by molar-refractivity contribution is 5.76. The summed E-state index contributed by atoms with van der Waals surface area (Å²) < 4.78 is 16.0. The molecule has 16 heavy (non-hydrogen) atoms. The van der Waals surface area contributed by atoms with Gasteiger partial charge in [-0.1, -0.05) is 0 Å². The summed E-state index contributed by atoms with van der Waals surface area (Å²) in [5.41, 5.74) is 0.919. The highest BCUT2D eigenvalue weighted by Crippen LogP contribution is 2.17. The Morgan fingerprint density at radius 1 is 1.44 bits per heavy atom. The number of hydrogen-bond acceptors (Lipinski definition) is 2. The molecule has 1 unspecified atom stereocenters. The molecule has 0 bridgehead atoms. The molecule has 1 heterocycles. The van der Waals surface area contributed by atoms with Crippen molar-refractivity contribution in [3.63, 3.8) is 0 Å². The first-order chi connectivity index (χ1) is 7.56. The van der Waals surface area contributed by atoms with Gasteiger partial charge < -0.3 is 5.11 Å². The van der Waals surface area contributed by atoms with E-state index in [9.17, 15) is 9.18 Å². The average molecular weight is 224 g/mol. The van der Waals surface area contributed by atoms with Gasteiger partial charge >= 0.3 is 5.69 Å². The number of aliphatic hydroxyl groups excluding tert-OH is 1. The summed E-state index contributed by atoms with van der Waals surface area (Å²) >= 11 is 0. The van der Waals surface area contributed by atoms with E-state index in [1.165, 1.54) is 21.3 Å². The van der Waals surface area contributed by atoms with Crippen molar-refractivity contribution in [2.45, 2.75) is 13.0 Å². The van der Waals surface area contributed by atoms with Crippen molar-refractivity contribution in [2.75, 3.05) is 6.61 Å². The lowest BCUT2D eigenvalue weighted by atomic mass is 10.3. The molecule has 0 saturated carbocycles. The summed E-state index contributed by atoms with van der Waals surface area (Å²) in [7, 11) is 1.63. The van der Waals surface area contributed by atoms with E-state index >= 15 is 0 Å². The second-order valence-electron chi connectivity index (χ2n) is 3.88. The molecule has 2 aromatic rings. The molecule has 1 atom stereocenters. The number of imidazole rings is 1. The molecular formula is C11H13FN2O2. The smallest absolute Gasteiger partial charge is 0.329 e. The third-order valence-corrected chi connectivity index (χ3v) is 2.76. The second kappa shape index (κ2) is 3.75. The van der Waals surface area contributed by atoms with E-state index in [-0.39, 0.29) is 18.3 Å². The molecule has 0 aliphatic rings. The monoisotopic (exact) mass is 224 g/mol. The molecule has 0 saturated heterocycles. The maximum absolute atomic E-state index is 13.1. The number of aryl methyl sites for hydroxylation is 1. The van der Waals surface area contributed by atoms with Crippen LogP contribution >= 0.6 is 0 Å². The lowest BCUT2D eigenvalue weighted by Gasteiger charge is -2.09. The summed E-state index contributed by atoms with van der Waals surface area (Å²) in [6.45, 7) is 1.56. The Morgan fingerprint density at radius 3 is 2.75 bits per heavy atom. The quantitative estimate of drug-likeness (QED) is 0.828. The third-order valence-electron chi connectivity index (χ3n) is 2.76. The van der Waals surface area contributed by atoms with Crippen molar-refractivity contribution in [3.05, 3.63) is 34.5 Å². The Morgan fingerprint density at radius 2 is 2.12 bits per heavy atom. The molecule has 2 rings (SSSR count). The fraction of sp³-hybridized carbons (Fsp3) is 0.364. The van der Waals surface area contributed by atoms with Gasteiger partial charge in [-0.05, 0) is 25.1 Å². The lowest BCUT2D eigenvalue weighted by molar-refractivity contribution is 0.238. The first kappa shape index (κ1) is 10.9. The predicted octanol–water partition coefficient (Wildman–Crippen LogP) is 1.03. The van der Waals surface area contributed by atoms with Gasteiger partial charge in [0.05, 0.1) is 23.7 Å². The number of halogens is 1. The fourth-order valence-corrected chi connectivity index (χ4v) is 1.85. The highest BCUT2D eigenvalue weighted by atomic mass is 19.1. The van der Waals surface area contributed by atoms with E-state index in [1.54, 1.807) is 20.0 Å². The Balaban J connectivity index is 2.86. The van der Waals surface area contributed by atoms with Crippen LogP contribution in [0.2, 0.25) is 0 Å². The zero-order valence-electron chi connectivity index (χ0n) is 9.14. The molecular weight excluding hydrogens is 211 g/mol. The molecule has 0 amide bonds. The topological polar surface area (TPSA) is 47.2 Å². The minimum absolute atomic E-state index is 0.157. The summed E-state index contributed by atoms with van der Waals surface area (Å²) in [4.78, 5) is 11.9. The minimum atomic E-state index is -0.392. The fourth-order valence-electron chi connectivity index (χ4n) is 1.85. The van der Waals surface area contributed by atoms with Crippen molar-refractivity contribution in [1.29, 1.82) is 0 Å². The van der Waals surface area contributed by atoms with Crippen molar-refractivity contribution in [1.82, 2.24) is 9.13 Å². The van der Waals surface area contributed by atoms with E-state index in [1.807, 2.05) is 0 Å². The number of aliphatic hydroxyl groups is 1. The van der Waals surface area contributed by atoms with Gasteiger partial charge in [0, 0.05) is 7.05 Å². The number of benzene rings is 1. The standard InChI is InChI=1S/C11H13FN2O2/c1-7(6-15)14-10-5-8(12)3-4-9(10)13(2)11(14)16/h3-5,7,15H,6H2,1-2H3. The van der Waals surface area contributed by atoms with E-state index in [0.717, 1.165) is 0 Å². The molecule has 0 fully saturated rings. The summed E-state index contributed by atoms with van der Waals surface area (Å²) in [5, 5.41) is 9.09. The van der Waals surface area contributed by atoms with Gasteiger partial charge in [-0.2, -0.15) is 0 Å². The van der Waals surface area contributed by atoms with Crippen molar-refractivity contribution >= 4 is 11.0 Å². The van der Waals surface area contributed by atoms with Crippen molar-refractivity contribution in [2.24, 2.45) is 7.05 Å². The van der Waals surface area contributed by atoms with Crippen LogP contribution in [0.5, 0.6) is 0 Å². The van der Waals surface area contributed by atoms with Crippen LogP contribution in [0.1, 0.15) is 13.0 Å². The van der Waals surface area contributed by atoms with Gasteiger partial charge in [0.15, 0.2) is 0 Å². The number of nitrogens with zero attached hydrogens (tertiary/aromatic N) is 2. The van der Waals surface area contributed by atoms with Crippen LogP contribution in [0.4, 0.5) is 4.39 Å². The minimum Gasteiger partial charge on any atom is -0.394 e. The van der Waals surface area contributed by atoms with Crippen molar-refractivity contribution < 1.29 is 9.50 Å². The van der Waals surface area contributed by atoms with Crippen LogP contribution in [0.25, 0.3) is 11.0 Å². The predicted molar refractivity (Wildman–Crippen MR) is 58.9 cm³/mol. The molecule has 86 valence electrons. The maximum atomic E-state index is 13.1. The van der Waals surface area contributed by atoms with Gasteiger partial charge in [-0.15, -0.1) is 0 Å². The number of fused-ring (bicyclic) bond motifs is 1. The first-order valence-electron chi connectivity index (χ1n) is 5.03. The van der Waals surface area contributed by atoms with Gasteiger partial charge in [-0.25, -0.2) is 9.18 Å². The molecule has 1 aromatic heterocycles. The Hall–Kier alpha value is -1.62.